The molecule has 5 nitrogen and oxygen atoms in total. The van der Waals surface area contributed by atoms with Gasteiger partial charge in [-0.05, 0) is 60.5 Å². The minimum atomic E-state index is -0.450. The SMILES string of the molecule is CCOC(=O)/C(=C\c1cccc2cc(OCCN3CCSc4ccccc43)ccc12)OCC. The number of thioether (sulfide) groups is 1. The van der Waals surface area contributed by atoms with E-state index >= 15 is 0 Å². The molecule has 1 aliphatic heterocycles. The Hall–Kier alpha value is -3.12. The van der Waals surface area contributed by atoms with Gasteiger partial charge in [0.25, 0.3) is 0 Å². The van der Waals surface area contributed by atoms with Gasteiger partial charge in [-0.2, -0.15) is 0 Å². The van der Waals surface area contributed by atoms with Gasteiger partial charge in [0, 0.05) is 17.2 Å². The molecule has 1 aliphatic rings. The Balaban J connectivity index is 1.47. The maximum Gasteiger partial charge on any atom is 0.373 e. The van der Waals surface area contributed by atoms with Crippen LogP contribution >= 0.6 is 11.8 Å². The summed E-state index contributed by atoms with van der Waals surface area (Å²) < 4.78 is 16.7. The van der Waals surface area contributed by atoms with E-state index in [2.05, 4.69) is 29.2 Å². The molecule has 6 heteroatoms. The molecule has 0 spiro atoms. The van der Waals surface area contributed by atoms with Gasteiger partial charge in [-0.15, -0.1) is 11.8 Å². The largest absolute Gasteiger partial charge is 0.492 e. The van der Waals surface area contributed by atoms with Crippen molar-refractivity contribution in [2.24, 2.45) is 0 Å². The normalized spacial score (nSPS) is 13.5. The fraction of sp³-hybridized carbons (Fsp3) is 0.296. The van der Waals surface area contributed by atoms with Gasteiger partial charge in [0.2, 0.25) is 5.76 Å². The molecule has 3 aromatic rings. The van der Waals surface area contributed by atoms with Crippen molar-refractivity contribution < 1.29 is 19.0 Å². The van der Waals surface area contributed by atoms with Crippen molar-refractivity contribution in [3.05, 3.63) is 72.0 Å². The molecule has 33 heavy (non-hydrogen) atoms. The second kappa shape index (κ2) is 11.1. The Morgan fingerprint density at radius 3 is 2.73 bits per heavy atom. The average molecular weight is 464 g/mol. The molecular weight excluding hydrogens is 434 g/mol. The summed E-state index contributed by atoms with van der Waals surface area (Å²) in [4.78, 5) is 15.9. The van der Waals surface area contributed by atoms with Gasteiger partial charge in [-0.1, -0.05) is 36.4 Å². The number of rotatable bonds is 9. The van der Waals surface area contributed by atoms with Crippen molar-refractivity contribution in [2.45, 2.75) is 18.7 Å². The molecule has 0 bridgehead atoms. The van der Waals surface area contributed by atoms with Crippen LogP contribution in [0, 0.1) is 0 Å². The summed E-state index contributed by atoms with van der Waals surface area (Å²) in [5.41, 5.74) is 2.19. The fourth-order valence-electron chi connectivity index (χ4n) is 3.89. The molecule has 0 aromatic heterocycles. The van der Waals surface area contributed by atoms with Crippen LogP contribution in [0.3, 0.4) is 0 Å². The van der Waals surface area contributed by atoms with Gasteiger partial charge >= 0.3 is 5.97 Å². The van der Waals surface area contributed by atoms with E-state index in [0.29, 0.717) is 19.8 Å². The van der Waals surface area contributed by atoms with Gasteiger partial charge in [0.1, 0.15) is 12.4 Å². The van der Waals surface area contributed by atoms with Gasteiger partial charge in [-0.25, -0.2) is 4.79 Å². The zero-order valence-corrected chi connectivity index (χ0v) is 19.9. The third-order valence-corrected chi connectivity index (χ3v) is 6.45. The molecule has 0 N–H and O–H groups in total. The number of benzene rings is 3. The summed E-state index contributed by atoms with van der Waals surface area (Å²) >= 11 is 1.91. The molecule has 0 atom stereocenters. The summed E-state index contributed by atoms with van der Waals surface area (Å²) in [5, 5.41) is 2.06. The molecule has 0 unspecified atom stereocenters. The Labute approximate surface area is 199 Å². The molecule has 3 aromatic carbocycles. The summed E-state index contributed by atoms with van der Waals surface area (Å²) in [6.07, 6.45) is 1.75. The van der Waals surface area contributed by atoms with E-state index < -0.39 is 5.97 Å². The number of hydrogen-bond donors (Lipinski definition) is 0. The number of ether oxygens (including phenoxy) is 3. The lowest BCUT2D eigenvalue weighted by molar-refractivity contribution is -0.142. The van der Waals surface area contributed by atoms with E-state index in [4.69, 9.17) is 14.2 Å². The minimum Gasteiger partial charge on any atom is -0.492 e. The maximum absolute atomic E-state index is 12.2. The molecule has 0 amide bonds. The minimum absolute atomic E-state index is 0.215. The average Bonchev–Trinajstić information content (AvgIpc) is 2.84. The zero-order chi connectivity index (χ0) is 23.0. The molecule has 4 rings (SSSR count). The molecule has 172 valence electrons. The van der Waals surface area contributed by atoms with Gasteiger partial charge in [0.05, 0.1) is 25.4 Å². The van der Waals surface area contributed by atoms with Crippen LogP contribution in [-0.4, -0.2) is 44.6 Å². The number of fused-ring (bicyclic) bond motifs is 2. The van der Waals surface area contributed by atoms with Crippen molar-refractivity contribution in [1.82, 2.24) is 0 Å². The van der Waals surface area contributed by atoms with E-state index in [1.807, 2.05) is 55.1 Å². The Morgan fingerprint density at radius 2 is 1.88 bits per heavy atom. The topological polar surface area (TPSA) is 48.0 Å². The second-order valence-electron chi connectivity index (χ2n) is 7.54. The van der Waals surface area contributed by atoms with Crippen LogP contribution in [0.2, 0.25) is 0 Å². The highest BCUT2D eigenvalue weighted by Crippen LogP contribution is 2.34. The first-order valence-electron chi connectivity index (χ1n) is 11.3. The summed E-state index contributed by atoms with van der Waals surface area (Å²) in [7, 11) is 0. The highest BCUT2D eigenvalue weighted by molar-refractivity contribution is 7.99. The lowest BCUT2D eigenvalue weighted by Gasteiger charge is -2.30. The first-order valence-corrected chi connectivity index (χ1v) is 12.3. The van der Waals surface area contributed by atoms with Gasteiger partial charge in [0.15, 0.2) is 0 Å². The monoisotopic (exact) mass is 463 g/mol. The van der Waals surface area contributed by atoms with Crippen LogP contribution in [0.25, 0.3) is 16.8 Å². The molecular formula is C27H29NO4S. The number of nitrogens with zero attached hydrogens (tertiary/aromatic N) is 1. The van der Waals surface area contributed by atoms with Crippen LogP contribution in [-0.2, 0) is 14.3 Å². The predicted molar refractivity (Wildman–Crippen MR) is 135 cm³/mol. The quantitative estimate of drug-likeness (QED) is 0.228. The maximum atomic E-state index is 12.2. The summed E-state index contributed by atoms with van der Waals surface area (Å²) in [6, 6.07) is 20.6. The van der Waals surface area contributed by atoms with Crippen molar-refractivity contribution >= 4 is 40.3 Å². The summed E-state index contributed by atoms with van der Waals surface area (Å²) in [6.45, 7) is 6.82. The zero-order valence-electron chi connectivity index (χ0n) is 19.1. The fourth-order valence-corrected chi connectivity index (χ4v) is 4.95. The predicted octanol–water partition coefficient (Wildman–Crippen LogP) is 5.77. The highest BCUT2D eigenvalue weighted by Gasteiger charge is 2.16. The van der Waals surface area contributed by atoms with E-state index in [1.165, 1.54) is 10.6 Å². The first kappa shape index (κ1) is 23.1. The molecule has 0 aliphatic carbocycles. The highest BCUT2D eigenvalue weighted by atomic mass is 32.2. The van der Waals surface area contributed by atoms with Crippen molar-refractivity contribution in [3.8, 4) is 5.75 Å². The van der Waals surface area contributed by atoms with E-state index in [-0.39, 0.29) is 5.76 Å². The Bertz CT molecular complexity index is 1140. The van der Waals surface area contributed by atoms with Gasteiger partial charge < -0.3 is 19.1 Å². The van der Waals surface area contributed by atoms with E-state index in [0.717, 1.165) is 40.9 Å². The second-order valence-corrected chi connectivity index (χ2v) is 8.68. The number of hydrogen-bond acceptors (Lipinski definition) is 6. The van der Waals surface area contributed by atoms with Gasteiger partial charge in [-0.3, -0.25) is 0 Å². The smallest absolute Gasteiger partial charge is 0.373 e. The van der Waals surface area contributed by atoms with Crippen molar-refractivity contribution in [3.63, 3.8) is 0 Å². The van der Waals surface area contributed by atoms with Crippen molar-refractivity contribution in [1.29, 1.82) is 0 Å². The van der Waals surface area contributed by atoms with Crippen LogP contribution < -0.4 is 9.64 Å². The Kier molecular flexibility index (Phi) is 7.79. The van der Waals surface area contributed by atoms with E-state index in [9.17, 15) is 4.79 Å². The first-order chi connectivity index (χ1) is 16.2. The number of anilines is 1. The van der Waals surface area contributed by atoms with Crippen molar-refractivity contribution in [2.75, 3.05) is 43.6 Å². The van der Waals surface area contributed by atoms with Crippen LogP contribution in [0.5, 0.6) is 5.75 Å². The Morgan fingerprint density at radius 1 is 1.03 bits per heavy atom. The molecule has 1 heterocycles. The lowest BCUT2D eigenvalue weighted by Crippen LogP contribution is -2.33. The number of para-hydroxylation sites is 1. The van der Waals surface area contributed by atoms with Crippen LogP contribution in [0.15, 0.2) is 71.3 Å². The van der Waals surface area contributed by atoms with E-state index in [1.54, 1.807) is 13.0 Å². The summed E-state index contributed by atoms with van der Waals surface area (Å²) in [5.74, 6) is 1.69. The van der Waals surface area contributed by atoms with Crippen LogP contribution in [0.4, 0.5) is 5.69 Å². The molecule has 0 saturated heterocycles. The lowest BCUT2D eigenvalue weighted by atomic mass is 10.0. The molecule has 0 saturated carbocycles. The third-order valence-electron chi connectivity index (χ3n) is 5.40. The molecule has 0 fully saturated rings. The number of carbonyl (C=O) groups is 1. The third kappa shape index (κ3) is 5.63. The number of carbonyl (C=O) groups excluding carboxylic acids is 1. The standard InChI is InChI=1S/C27H29NO4S/c1-3-30-25(27(29)31-4-2)19-21-9-7-8-20-18-22(12-13-23(20)21)32-16-14-28-15-17-33-26-11-6-5-10-24(26)28/h5-13,18-19H,3-4,14-17H2,1-2H3/b25-19+. The van der Waals surface area contributed by atoms with Crippen LogP contribution in [0.1, 0.15) is 19.4 Å². The number of esters is 1. The molecule has 0 radical (unpaired) electrons.